The predicted octanol–water partition coefficient (Wildman–Crippen LogP) is 2.11. The largest absolute Gasteiger partial charge is 0.368 e. The highest BCUT2D eigenvalue weighted by atomic mass is 32.2. The summed E-state index contributed by atoms with van der Waals surface area (Å²) in [4.78, 5) is 13.2. The van der Waals surface area contributed by atoms with Crippen LogP contribution in [0.5, 0.6) is 0 Å². The minimum atomic E-state index is -3.29. The number of aryl methyl sites for hydroxylation is 1. The highest BCUT2D eigenvalue weighted by Gasteiger charge is 2.13. The first-order valence-electron chi connectivity index (χ1n) is 8.58. The number of hydrogen-bond donors (Lipinski definition) is 2. The number of aromatic nitrogens is 5. The molecule has 1 aromatic carbocycles. The number of rotatable bonds is 2. The number of nitrogens with zero attached hydrogens (tertiary/aromatic N) is 4. The van der Waals surface area contributed by atoms with E-state index < -0.39 is 9.84 Å². The van der Waals surface area contributed by atoms with Crippen LogP contribution in [0.4, 0.5) is 5.95 Å². The molecular weight excluding hydrogens is 388 g/mol. The van der Waals surface area contributed by atoms with Crippen LogP contribution in [0.2, 0.25) is 0 Å². The number of H-pyrrole nitrogens is 1. The van der Waals surface area contributed by atoms with Crippen LogP contribution in [0.25, 0.3) is 22.3 Å². The molecule has 0 fully saturated rings. The van der Waals surface area contributed by atoms with Gasteiger partial charge in [0.15, 0.2) is 15.5 Å². The van der Waals surface area contributed by atoms with Crippen molar-refractivity contribution in [2.75, 3.05) is 12.0 Å². The van der Waals surface area contributed by atoms with Crippen molar-refractivity contribution >= 4 is 26.8 Å². The number of anilines is 1. The van der Waals surface area contributed by atoms with Crippen LogP contribution < -0.4 is 5.73 Å². The van der Waals surface area contributed by atoms with E-state index in [9.17, 15) is 8.42 Å². The molecule has 0 aliphatic heterocycles. The zero-order valence-electron chi connectivity index (χ0n) is 15.6. The summed E-state index contributed by atoms with van der Waals surface area (Å²) in [5.74, 6) is 6.22. The lowest BCUT2D eigenvalue weighted by atomic mass is 10.0. The maximum atomic E-state index is 11.7. The molecule has 0 radical (unpaired) electrons. The molecule has 3 aromatic heterocycles. The predicted molar refractivity (Wildman–Crippen MR) is 110 cm³/mol. The van der Waals surface area contributed by atoms with Gasteiger partial charge >= 0.3 is 0 Å². The number of aromatic amines is 1. The van der Waals surface area contributed by atoms with Crippen LogP contribution in [-0.4, -0.2) is 39.8 Å². The van der Waals surface area contributed by atoms with Gasteiger partial charge in [-0.2, -0.15) is 5.10 Å². The number of fused-ring (bicyclic) bond motifs is 1. The fourth-order valence-corrected chi connectivity index (χ4v) is 3.47. The van der Waals surface area contributed by atoms with E-state index in [2.05, 4.69) is 37.0 Å². The second-order valence-corrected chi connectivity index (χ2v) is 8.46. The number of nitrogens with two attached hydrogens (primary N) is 1. The Labute approximate surface area is 167 Å². The highest BCUT2D eigenvalue weighted by molar-refractivity contribution is 7.90. The molecule has 0 aliphatic carbocycles. The Kier molecular flexibility index (Phi) is 4.48. The molecule has 4 rings (SSSR count). The van der Waals surface area contributed by atoms with Crippen molar-refractivity contribution in [2.24, 2.45) is 0 Å². The van der Waals surface area contributed by atoms with Gasteiger partial charge in [-0.15, -0.1) is 0 Å². The second-order valence-electron chi connectivity index (χ2n) is 6.44. The molecule has 0 saturated heterocycles. The third-order valence-electron chi connectivity index (χ3n) is 4.28. The van der Waals surface area contributed by atoms with Gasteiger partial charge in [-0.05, 0) is 37.1 Å². The normalized spacial score (nSPS) is 11.2. The van der Waals surface area contributed by atoms with Crippen LogP contribution in [0.1, 0.15) is 17.0 Å². The molecule has 3 heterocycles. The summed E-state index contributed by atoms with van der Waals surface area (Å²) in [5.41, 5.74) is 9.49. The Bertz CT molecular complexity index is 1400. The molecule has 29 heavy (non-hydrogen) atoms. The fourth-order valence-electron chi connectivity index (χ4n) is 2.84. The van der Waals surface area contributed by atoms with E-state index in [1.807, 2.05) is 6.07 Å². The Hall–Kier alpha value is -3.77. The van der Waals surface area contributed by atoms with Gasteiger partial charge in [0.25, 0.3) is 0 Å². The topological polar surface area (TPSA) is 128 Å². The lowest BCUT2D eigenvalue weighted by Gasteiger charge is -2.08. The average molecular weight is 404 g/mol. The molecule has 0 amide bonds. The van der Waals surface area contributed by atoms with E-state index >= 15 is 0 Å². The maximum absolute atomic E-state index is 11.7. The van der Waals surface area contributed by atoms with Gasteiger partial charge in [0.2, 0.25) is 5.95 Å². The molecular formula is C20H16N6O2S. The quantitative estimate of drug-likeness (QED) is 0.490. The Morgan fingerprint density at radius 2 is 1.76 bits per heavy atom. The van der Waals surface area contributed by atoms with E-state index in [0.29, 0.717) is 33.9 Å². The molecule has 144 valence electrons. The molecule has 4 aromatic rings. The molecule has 8 nitrogen and oxygen atoms in total. The summed E-state index contributed by atoms with van der Waals surface area (Å²) < 4.78 is 23.4. The Morgan fingerprint density at radius 3 is 2.48 bits per heavy atom. The van der Waals surface area contributed by atoms with Gasteiger partial charge in [-0.1, -0.05) is 18.1 Å². The fraction of sp³-hybridized carbons (Fsp3) is 0.100. The zero-order chi connectivity index (χ0) is 20.6. The van der Waals surface area contributed by atoms with Gasteiger partial charge in [-0.3, -0.25) is 5.10 Å². The molecule has 0 atom stereocenters. The first kappa shape index (κ1) is 18.6. The van der Waals surface area contributed by atoms with Gasteiger partial charge < -0.3 is 5.73 Å². The lowest BCUT2D eigenvalue weighted by Crippen LogP contribution is -2.03. The molecule has 9 heteroatoms. The molecule has 0 spiro atoms. The van der Waals surface area contributed by atoms with Crippen molar-refractivity contribution in [1.82, 2.24) is 25.1 Å². The van der Waals surface area contributed by atoms with Crippen LogP contribution in [-0.2, 0) is 9.84 Å². The van der Waals surface area contributed by atoms with Crippen molar-refractivity contribution < 1.29 is 8.42 Å². The minimum Gasteiger partial charge on any atom is -0.368 e. The molecule has 3 N–H and O–H groups in total. The van der Waals surface area contributed by atoms with Crippen molar-refractivity contribution in [2.45, 2.75) is 11.8 Å². The lowest BCUT2D eigenvalue weighted by molar-refractivity contribution is 0.602. The van der Waals surface area contributed by atoms with Gasteiger partial charge in [0.1, 0.15) is 5.69 Å². The van der Waals surface area contributed by atoms with Crippen molar-refractivity contribution in [1.29, 1.82) is 0 Å². The summed E-state index contributed by atoms with van der Waals surface area (Å²) in [6.07, 6.45) is 2.85. The van der Waals surface area contributed by atoms with Crippen LogP contribution >= 0.6 is 0 Å². The monoisotopic (exact) mass is 404 g/mol. The number of benzene rings is 1. The first-order chi connectivity index (χ1) is 13.8. The minimum absolute atomic E-state index is 0.118. The average Bonchev–Trinajstić information content (AvgIpc) is 3.14. The van der Waals surface area contributed by atoms with Gasteiger partial charge in [0.05, 0.1) is 28.0 Å². The summed E-state index contributed by atoms with van der Waals surface area (Å²) >= 11 is 0. The second kappa shape index (κ2) is 7.00. The standard InChI is InChI=1S/C20H16N6O2S/c1-12-17(10-7-15-6-3-14-11-22-26-19(14)24-15)18(25-20(21)23-12)13-4-8-16(9-5-13)29(2,27)28/h3-6,8-9,11H,1-2H3,(H2,21,23,25)(H,22,24,26). The number of pyridine rings is 1. The van der Waals surface area contributed by atoms with Crippen LogP contribution in [0, 0.1) is 18.8 Å². The highest BCUT2D eigenvalue weighted by Crippen LogP contribution is 2.25. The van der Waals surface area contributed by atoms with E-state index in [4.69, 9.17) is 5.73 Å². The molecule has 0 saturated carbocycles. The van der Waals surface area contributed by atoms with Crippen molar-refractivity contribution in [3.63, 3.8) is 0 Å². The van der Waals surface area contributed by atoms with E-state index in [-0.39, 0.29) is 10.8 Å². The molecule has 0 bridgehead atoms. The van der Waals surface area contributed by atoms with Gasteiger partial charge in [0, 0.05) is 17.2 Å². The van der Waals surface area contributed by atoms with Crippen LogP contribution in [0.3, 0.4) is 0 Å². The molecule has 0 unspecified atom stereocenters. The SMILES string of the molecule is Cc1nc(N)nc(-c2ccc(S(C)(=O)=O)cc2)c1C#Cc1ccc2cn[nH]c2n1. The van der Waals surface area contributed by atoms with E-state index in [1.54, 1.807) is 31.3 Å². The summed E-state index contributed by atoms with van der Waals surface area (Å²) in [6, 6.07) is 10.1. The summed E-state index contributed by atoms with van der Waals surface area (Å²) in [6.45, 7) is 1.79. The van der Waals surface area contributed by atoms with Crippen molar-refractivity contribution in [3.8, 4) is 23.1 Å². The third kappa shape index (κ3) is 3.79. The molecule has 0 aliphatic rings. The smallest absolute Gasteiger partial charge is 0.220 e. The van der Waals surface area contributed by atoms with E-state index in [1.165, 1.54) is 12.1 Å². The first-order valence-corrected chi connectivity index (χ1v) is 10.5. The summed E-state index contributed by atoms with van der Waals surface area (Å²) in [7, 11) is -3.29. The number of sulfone groups is 1. The Balaban J connectivity index is 1.80. The number of nitrogen functional groups attached to an aromatic ring is 1. The zero-order valence-corrected chi connectivity index (χ0v) is 16.4. The number of hydrogen-bond acceptors (Lipinski definition) is 7. The van der Waals surface area contributed by atoms with Crippen LogP contribution in [0.15, 0.2) is 47.5 Å². The third-order valence-corrected chi connectivity index (χ3v) is 5.41. The summed E-state index contributed by atoms with van der Waals surface area (Å²) in [5, 5.41) is 7.66. The maximum Gasteiger partial charge on any atom is 0.220 e. The Morgan fingerprint density at radius 1 is 1.00 bits per heavy atom. The van der Waals surface area contributed by atoms with Crippen molar-refractivity contribution in [3.05, 3.63) is 59.5 Å². The van der Waals surface area contributed by atoms with Gasteiger partial charge in [-0.25, -0.2) is 23.4 Å². The van der Waals surface area contributed by atoms with E-state index in [0.717, 1.165) is 11.6 Å². The number of nitrogens with one attached hydrogen (secondary N) is 1.